The van der Waals surface area contributed by atoms with Crippen molar-refractivity contribution in [2.45, 2.75) is 5.92 Å². The number of fused-ring (bicyclic) bond motifs is 3. The number of ether oxygens (including phenoxy) is 12. The van der Waals surface area contributed by atoms with Crippen molar-refractivity contribution in [1.82, 2.24) is 10.2 Å². The molecule has 1 aliphatic rings. The van der Waals surface area contributed by atoms with Crippen LogP contribution < -0.4 is 5.32 Å². The van der Waals surface area contributed by atoms with Gasteiger partial charge < -0.3 is 72.2 Å². The fourth-order valence-electron chi connectivity index (χ4n) is 5.62. The van der Waals surface area contributed by atoms with Gasteiger partial charge >= 0.3 is 12.1 Å². The summed E-state index contributed by atoms with van der Waals surface area (Å²) in [5.41, 5.74) is 4.77. The summed E-state index contributed by atoms with van der Waals surface area (Å²) < 4.78 is 65.2. The van der Waals surface area contributed by atoms with E-state index in [-0.39, 0.29) is 25.2 Å². The maximum atomic E-state index is 12.6. The highest BCUT2D eigenvalue weighted by Gasteiger charge is 2.29. The van der Waals surface area contributed by atoms with Gasteiger partial charge in [0.25, 0.3) is 0 Å². The minimum atomic E-state index is -1.13. The van der Waals surface area contributed by atoms with Gasteiger partial charge in [0.05, 0.1) is 132 Å². The van der Waals surface area contributed by atoms with Crippen LogP contribution in [0.4, 0.5) is 4.79 Å². The lowest BCUT2D eigenvalue weighted by molar-refractivity contribution is -0.143. The summed E-state index contributed by atoms with van der Waals surface area (Å²) in [6.45, 7) is 8.85. The third-order valence-electron chi connectivity index (χ3n) is 8.59. The molecule has 338 valence electrons. The zero-order valence-corrected chi connectivity index (χ0v) is 34.9. The number of amides is 2. The molecular formula is C42H64N2O16. The average Bonchev–Trinajstić information content (AvgIpc) is 3.57. The number of likely N-dealkylation sites (N-methyl/N-ethyl adjacent to an activating group) is 1. The predicted molar refractivity (Wildman–Crippen MR) is 217 cm³/mol. The topological polar surface area (TPSA) is 197 Å². The van der Waals surface area contributed by atoms with Gasteiger partial charge in [0.1, 0.15) is 19.8 Å². The van der Waals surface area contributed by atoms with Gasteiger partial charge in [-0.25, -0.2) is 9.59 Å². The van der Waals surface area contributed by atoms with Crippen molar-refractivity contribution in [2.75, 3.05) is 172 Å². The molecule has 0 heterocycles. The van der Waals surface area contributed by atoms with Crippen molar-refractivity contribution in [3.63, 3.8) is 0 Å². The van der Waals surface area contributed by atoms with Gasteiger partial charge in [-0.3, -0.25) is 4.79 Å². The number of carboxylic acid groups (broad SMARTS) is 1. The Bertz CT molecular complexity index is 1390. The van der Waals surface area contributed by atoms with Crippen molar-refractivity contribution >= 4 is 18.0 Å². The van der Waals surface area contributed by atoms with Gasteiger partial charge in [-0.2, -0.15) is 0 Å². The molecule has 2 N–H and O–H groups in total. The molecular weight excluding hydrogens is 788 g/mol. The summed E-state index contributed by atoms with van der Waals surface area (Å²) in [5.74, 6) is -1.50. The Balaban J connectivity index is 0.950. The van der Waals surface area contributed by atoms with E-state index >= 15 is 0 Å². The second-order valence-corrected chi connectivity index (χ2v) is 13.1. The Kier molecular flexibility index (Phi) is 28.5. The predicted octanol–water partition coefficient (Wildman–Crippen LogP) is 2.25. The largest absolute Gasteiger partial charge is 0.480 e. The van der Waals surface area contributed by atoms with Gasteiger partial charge in [0.15, 0.2) is 0 Å². The van der Waals surface area contributed by atoms with Gasteiger partial charge in [-0.05, 0) is 22.3 Å². The third-order valence-corrected chi connectivity index (χ3v) is 8.59. The molecule has 0 saturated heterocycles. The number of hydrogen-bond acceptors (Lipinski definition) is 15. The van der Waals surface area contributed by atoms with Crippen LogP contribution in [0.2, 0.25) is 0 Å². The van der Waals surface area contributed by atoms with E-state index in [2.05, 4.69) is 34.3 Å². The first kappa shape index (κ1) is 50.6. The zero-order chi connectivity index (χ0) is 42.7. The van der Waals surface area contributed by atoms with Gasteiger partial charge in [0, 0.05) is 26.1 Å². The number of aliphatic carboxylic acids is 1. The monoisotopic (exact) mass is 852 g/mol. The lowest BCUT2D eigenvalue weighted by Gasteiger charge is -2.19. The van der Waals surface area contributed by atoms with E-state index in [1.54, 1.807) is 7.05 Å². The smallest absolute Gasteiger partial charge is 0.409 e. The minimum absolute atomic E-state index is 0.0294. The van der Waals surface area contributed by atoms with E-state index in [1.165, 1.54) is 27.2 Å². The quantitative estimate of drug-likeness (QED) is 0.0929. The van der Waals surface area contributed by atoms with Crippen molar-refractivity contribution in [2.24, 2.45) is 0 Å². The Morgan fingerprint density at radius 1 is 0.517 bits per heavy atom. The molecule has 18 heteroatoms. The van der Waals surface area contributed by atoms with E-state index < -0.39 is 18.5 Å². The number of carbonyl (C=O) groups is 3. The molecule has 0 spiro atoms. The fraction of sp³-hybridized carbons (Fsp3) is 0.643. The molecule has 0 aromatic heterocycles. The summed E-state index contributed by atoms with van der Waals surface area (Å²) in [4.78, 5) is 35.8. The normalized spacial score (nSPS) is 12.0. The van der Waals surface area contributed by atoms with Crippen LogP contribution in [-0.4, -0.2) is 200 Å². The van der Waals surface area contributed by atoms with E-state index in [9.17, 15) is 14.4 Å². The average molecular weight is 853 g/mol. The zero-order valence-electron chi connectivity index (χ0n) is 34.9. The van der Waals surface area contributed by atoms with E-state index in [1.807, 2.05) is 24.3 Å². The number of carbonyl (C=O) groups excluding carboxylic acids is 2. The van der Waals surface area contributed by atoms with Crippen molar-refractivity contribution in [3.05, 3.63) is 59.7 Å². The molecule has 0 unspecified atom stereocenters. The summed E-state index contributed by atoms with van der Waals surface area (Å²) in [6.07, 6.45) is -0.374. The Morgan fingerprint density at radius 2 is 0.883 bits per heavy atom. The molecule has 60 heavy (non-hydrogen) atoms. The highest BCUT2D eigenvalue weighted by molar-refractivity contribution is 5.79. The number of hydrogen-bond donors (Lipinski definition) is 2. The van der Waals surface area contributed by atoms with Gasteiger partial charge in [-0.15, -0.1) is 0 Å². The summed E-state index contributed by atoms with van der Waals surface area (Å²) in [6, 6.07) is 16.5. The minimum Gasteiger partial charge on any atom is -0.480 e. The van der Waals surface area contributed by atoms with Crippen LogP contribution in [0.15, 0.2) is 48.5 Å². The maximum absolute atomic E-state index is 12.6. The fourth-order valence-corrected chi connectivity index (χ4v) is 5.62. The molecule has 0 radical (unpaired) electrons. The Morgan fingerprint density at radius 3 is 1.28 bits per heavy atom. The highest BCUT2D eigenvalue weighted by Crippen LogP contribution is 2.44. The van der Waals surface area contributed by atoms with Gasteiger partial charge in [-0.1, -0.05) is 48.5 Å². The standard InChI is InChI=1S/C42H64N2O16/c1-44(42(48)60-32-39-37-8-4-2-6-35(37)36-7-3-5-9-38(36)39)11-13-50-15-17-52-19-21-54-23-25-56-27-29-58-31-30-57-28-26-55-24-22-53-20-18-51-16-14-49-12-10-43-40(45)33-59-34-41(46)47/h2-9,39H,10-34H2,1H3,(H,43,45)(H,46,47). The van der Waals surface area contributed by atoms with Crippen LogP contribution in [0, 0.1) is 0 Å². The number of carboxylic acids is 1. The van der Waals surface area contributed by atoms with Crippen molar-refractivity contribution < 1.29 is 76.3 Å². The first-order valence-corrected chi connectivity index (χ1v) is 20.4. The maximum Gasteiger partial charge on any atom is 0.409 e. The van der Waals surface area contributed by atoms with Crippen LogP contribution in [0.3, 0.4) is 0 Å². The number of nitrogens with one attached hydrogen (secondary N) is 1. The van der Waals surface area contributed by atoms with Crippen molar-refractivity contribution in [3.8, 4) is 11.1 Å². The van der Waals surface area contributed by atoms with Crippen LogP contribution in [0.5, 0.6) is 0 Å². The molecule has 0 atom stereocenters. The first-order chi connectivity index (χ1) is 29.5. The Labute approximate surface area is 352 Å². The summed E-state index contributed by atoms with van der Waals surface area (Å²) in [7, 11) is 1.71. The molecule has 0 aliphatic heterocycles. The lowest BCUT2D eigenvalue weighted by atomic mass is 9.98. The second-order valence-electron chi connectivity index (χ2n) is 13.1. The van der Waals surface area contributed by atoms with Crippen LogP contribution in [-0.2, 0) is 66.4 Å². The van der Waals surface area contributed by atoms with Crippen LogP contribution in [0.1, 0.15) is 17.0 Å². The Hall–Kier alpha value is -3.79. The van der Waals surface area contributed by atoms with Crippen LogP contribution >= 0.6 is 0 Å². The highest BCUT2D eigenvalue weighted by atomic mass is 16.6. The number of nitrogens with zero attached hydrogens (tertiary/aromatic N) is 1. The molecule has 2 amide bonds. The number of rotatable bonds is 39. The summed E-state index contributed by atoms with van der Waals surface area (Å²) >= 11 is 0. The first-order valence-electron chi connectivity index (χ1n) is 20.4. The molecule has 2 aromatic rings. The molecule has 0 bridgehead atoms. The molecule has 3 rings (SSSR count). The lowest BCUT2D eigenvalue weighted by Crippen LogP contribution is -2.32. The summed E-state index contributed by atoms with van der Waals surface area (Å²) in [5, 5.41) is 11.0. The molecule has 0 fully saturated rings. The molecule has 1 aliphatic carbocycles. The third kappa shape index (κ3) is 23.3. The van der Waals surface area contributed by atoms with Crippen LogP contribution in [0.25, 0.3) is 11.1 Å². The van der Waals surface area contributed by atoms with Gasteiger partial charge in [0.2, 0.25) is 5.91 Å². The molecule has 2 aromatic carbocycles. The van der Waals surface area contributed by atoms with E-state index in [0.717, 1.165) is 0 Å². The van der Waals surface area contributed by atoms with E-state index in [0.29, 0.717) is 145 Å². The SMILES string of the molecule is CN(CCOCCOCCOCCOCCOCCOCCOCCOCCOCCOCCNC(=O)COCC(=O)O)C(=O)OCC1c2ccccc2-c2ccccc21. The molecule has 0 saturated carbocycles. The number of benzene rings is 2. The second kappa shape index (κ2) is 33.9. The van der Waals surface area contributed by atoms with Crippen molar-refractivity contribution in [1.29, 1.82) is 0 Å². The molecule has 18 nitrogen and oxygen atoms in total. The van der Waals surface area contributed by atoms with E-state index in [4.69, 9.17) is 57.2 Å².